The summed E-state index contributed by atoms with van der Waals surface area (Å²) in [4.78, 5) is 27.1. The summed E-state index contributed by atoms with van der Waals surface area (Å²) in [6, 6.07) is 8.22. The minimum atomic E-state index is -1.08. The Bertz CT molecular complexity index is 1720. The normalized spacial score (nSPS) is 24.2. The maximum atomic E-state index is 16.6. The highest BCUT2D eigenvalue weighted by Gasteiger charge is 2.47. The molecule has 2 aliphatic heterocycles. The number of likely N-dealkylation sites (N-methyl/N-ethyl adjacent to an activating group) is 1. The lowest BCUT2D eigenvalue weighted by molar-refractivity contribution is -0.131. The zero-order chi connectivity index (χ0) is 30.7. The van der Waals surface area contributed by atoms with Crippen molar-refractivity contribution in [2.75, 3.05) is 44.7 Å². The molecule has 0 N–H and O–H groups in total. The first kappa shape index (κ1) is 28.6. The van der Waals surface area contributed by atoms with E-state index in [9.17, 15) is 18.8 Å². The number of nitrogens with zero attached hydrogens (tertiary/aromatic N) is 6. The second-order valence-electron chi connectivity index (χ2n) is 12.4. The van der Waals surface area contributed by atoms with E-state index in [0.717, 1.165) is 37.8 Å². The molecular formula is C33H33F3N6O2. The van der Waals surface area contributed by atoms with Gasteiger partial charge in [0.1, 0.15) is 23.8 Å². The molecule has 11 heteroatoms. The number of nitriles is 1. The summed E-state index contributed by atoms with van der Waals surface area (Å²) in [5.74, 6) is -1.64. The Morgan fingerprint density at radius 3 is 2.70 bits per heavy atom. The van der Waals surface area contributed by atoms with Crippen LogP contribution in [-0.4, -0.2) is 77.6 Å². The van der Waals surface area contributed by atoms with Crippen LogP contribution in [0.15, 0.2) is 36.7 Å². The van der Waals surface area contributed by atoms with Gasteiger partial charge < -0.3 is 19.4 Å². The van der Waals surface area contributed by atoms with Gasteiger partial charge in [-0.2, -0.15) is 15.2 Å². The number of amides is 1. The molecule has 1 aromatic heterocycles. The lowest BCUT2D eigenvalue weighted by Gasteiger charge is -2.41. The van der Waals surface area contributed by atoms with Crippen LogP contribution < -0.4 is 9.64 Å². The number of fused-ring (bicyclic) bond motifs is 4. The summed E-state index contributed by atoms with van der Waals surface area (Å²) < 4.78 is 51.2. The fourth-order valence-electron chi connectivity index (χ4n) is 7.35. The zero-order valence-corrected chi connectivity index (χ0v) is 24.5. The Balaban J connectivity index is 1.30. The Morgan fingerprint density at radius 2 is 1.95 bits per heavy atom. The van der Waals surface area contributed by atoms with E-state index in [1.54, 1.807) is 18.2 Å². The highest BCUT2D eigenvalue weighted by Crippen LogP contribution is 2.58. The molecule has 0 unspecified atom stereocenters. The summed E-state index contributed by atoms with van der Waals surface area (Å²) in [7, 11) is 2.03. The lowest BCUT2D eigenvalue weighted by atomic mass is 9.93. The standard InChI is InChI=1S/C33H33F3N6O2/c1-18(34)32(43)42-13-12-41(16-20(42)9-10-37)31-24-6-5-23(22-7-8-27(35)28-25-14-19(25)15-26(22)28)29(36)30(24)38-33(39-31)44-17-21-4-3-11-40(21)2/h5-8,19-21,25H,1,3-4,9,11-17H2,2H3/t19-,20+,21+,25-/m1/s1. The largest absolute Gasteiger partial charge is 0.462 e. The van der Waals surface area contributed by atoms with E-state index in [4.69, 9.17) is 9.72 Å². The Morgan fingerprint density at radius 1 is 1.14 bits per heavy atom. The molecule has 4 aliphatic rings. The maximum Gasteiger partial charge on any atom is 0.319 e. The first-order valence-corrected chi connectivity index (χ1v) is 15.2. The molecule has 2 aliphatic carbocycles. The van der Waals surface area contributed by atoms with Crippen LogP contribution in [0.5, 0.6) is 6.01 Å². The first-order chi connectivity index (χ1) is 21.2. The average Bonchev–Trinajstić information content (AvgIpc) is 3.47. The molecule has 4 atom stereocenters. The van der Waals surface area contributed by atoms with Gasteiger partial charge in [0.2, 0.25) is 0 Å². The number of ether oxygens (including phenoxy) is 1. The van der Waals surface area contributed by atoms with Crippen LogP contribution in [0.3, 0.4) is 0 Å². The molecule has 44 heavy (non-hydrogen) atoms. The maximum absolute atomic E-state index is 16.6. The van der Waals surface area contributed by atoms with Crippen LogP contribution in [0, 0.1) is 28.9 Å². The van der Waals surface area contributed by atoms with Gasteiger partial charge >= 0.3 is 6.01 Å². The number of likely N-dealkylation sites (tertiary alicyclic amines) is 1. The monoisotopic (exact) mass is 602 g/mol. The van der Waals surface area contributed by atoms with Crippen molar-refractivity contribution in [3.8, 4) is 23.2 Å². The van der Waals surface area contributed by atoms with Crippen molar-refractivity contribution in [3.63, 3.8) is 0 Å². The lowest BCUT2D eigenvalue weighted by Crippen LogP contribution is -2.55. The van der Waals surface area contributed by atoms with E-state index >= 15 is 4.39 Å². The number of piperazine rings is 1. The molecule has 3 fully saturated rings. The number of rotatable bonds is 7. The van der Waals surface area contributed by atoms with Gasteiger partial charge in [0.05, 0.1) is 18.5 Å². The number of carbonyl (C=O) groups excluding carboxylic acids is 1. The summed E-state index contributed by atoms with van der Waals surface area (Å²) >= 11 is 0. The molecule has 2 saturated heterocycles. The van der Waals surface area contributed by atoms with E-state index in [0.29, 0.717) is 40.4 Å². The number of halogens is 3. The molecule has 3 aromatic rings. The van der Waals surface area contributed by atoms with Crippen molar-refractivity contribution >= 4 is 22.6 Å². The van der Waals surface area contributed by atoms with Crippen LogP contribution in [0.2, 0.25) is 0 Å². The highest BCUT2D eigenvalue weighted by molar-refractivity contribution is 5.94. The minimum Gasteiger partial charge on any atom is -0.462 e. The van der Waals surface area contributed by atoms with Gasteiger partial charge in [-0.05, 0) is 79.9 Å². The van der Waals surface area contributed by atoms with E-state index in [1.165, 1.54) is 11.0 Å². The quantitative estimate of drug-likeness (QED) is 0.347. The zero-order valence-electron chi connectivity index (χ0n) is 24.5. The third-order valence-corrected chi connectivity index (χ3v) is 9.80. The van der Waals surface area contributed by atoms with Crippen molar-refractivity contribution < 1.29 is 22.7 Å². The molecular weight excluding hydrogens is 569 g/mol. The molecule has 0 radical (unpaired) electrons. The summed E-state index contributed by atoms with van der Waals surface area (Å²) in [6.45, 7) is 5.03. The molecule has 228 valence electrons. The van der Waals surface area contributed by atoms with E-state index in [1.807, 2.05) is 11.9 Å². The predicted octanol–water partition coefficient (Wildman–Crippen LogP) is 5.12. The minimum absolute atomic E-state index is 0.0217. The van der Waals surface area contributed by atoms with Gasteiger partial charge in [0, 0.05) is 36.6 Å². The SMILES string of the molecule is C=C(F)C(=O)N1CCN(c2nc(OC[C@@H]3CCCN3C)nc3c(F)c(-c4ccc(F)c5c4C[C@H]4C[C@@H]54)ccc23)C[C@@H]1CC#N. The van der Waals surface area contributed by atoms with Crippen LogP contribution in [0.4, 0.5) is 19.0 Å². The summed E-state index contributed by atoms with van der Waals surface area (Å²) in [5.41, 5.74) is 2.69. The second kappa shape index (κ2) is 11.1. The van der Waals surface area contributed by atoms with Gasteiger partial charge in [-0.25, -0.2) is 13.2 Å². The van der Waals surface area contributed by atoms with Crippen LogP contribution in [0.25, 0.3) is 22.0 Å². The van der Waals surface area contributed by atoms with Crippen LogP contribution >= 0.6 is 0 Å². The molecule has 1 amide bonds. The van der Waals surface area contributed by atoms with Gasteiger partial charge in [0.15, 0.2) is 11.6 Å². The third-order valence-electron chi connectivity index (χ3n) is 9.80. The molecule has 1 saturated carbocycles. The number of benzene rings is 2. The summed E-state index contributed by atoms with van der Waals surface area (Å²) in [5, 5.41) is 9.91. The van der Waals surface area contributed by atoms with Crippen molar-refractivity contribution in [1.82, 2.24) is 19.8 Å². The number of hydrogen-bond acceptors (Lipinski definition) is 7. The molecule has 2 aromatic carbocycles. The van der Waals surface area contributed by atoms with Gasteiger partial charge in [-0.15, -0.1) is 0 Å². The Labute approximate surface area is 253 Å². The second-order valence-corrected chi connectivity index (χ2v) is 12.4. The number of aromatic nitrogens is 2. The number of anilines is 1. The fraction of sp³-hybridized carbons (Fsp3) is 0.455. The van der Waals surface area contributed by atoms with Gasteiger partial charge in [-0.1, -0.05) is 18.7 Å². The fourth-order valence-corrected chi connectivity index (χ4v) is 7.35. The summed E-state index contributed by atoms with van der Waals surface area (Å²) in [6.07, 6.45) is 3.72. The number of carbonyl (C=O) groups is 1. The van der Waals surface area contributed by atoms with Crippen LogP contribution in [-0.2, 0) is 11.2 Å². The van der Waals surface area contributed by atoms with Crippen molar-refractivity contribution in [2.24, 2.45) is 5.92 Å². The van der Waals surface area contributed by atoms with E-state index in [-0.39, 0.29) is 55.4 Å². The predicted molar refractivity (Wildman–Crippen MR) is 159 cm³/mol. The van der Waals surface area contributed by atoms with Crippen molar-refractivity contribution in [1.29, 1.82) is 5.26 Å². The smallest absolute Gasteiger partial charge is 0.319 e. The van der Waals surface area contributed by atoms with Crippen molar-refractivity contribution in [3.05, 3.63) is 59.4 Å². The molecule has 0 bridgehead atoms. The Hall–Kier alpha value is -4.17. The van der Waals surface area contributed by atoms with Crippen LogP contribution in [0.1, 0.15) is 42.7 Å². The molecule has 0 spiro atoms. The molecule has 8 nitrogen and oxygen atoms in total. The number of hydrogen-bond donors (Lipinski definition) is 0. The highest BCUT2D eigenvalue weighted by atomic mass is 19.1. The first-order valence-electron chi connectivity index (χ1n) is 15.2. The average molecular weight is 603 g/mol. The van der Waals surface area contributed by atoms with Crippen molar-refractivity contribution in [2.45, 2.75) is 50.1 Å². The van der Waals surface area contributed by atoms with E-state index < -0.39 is 23.6 Å². The van der Waals surface area contributed by atoms with Gasteiger partial charge in [0.25, 0.3) is 5.91 Å². The molecule has 3 heterocycles. The van der Waals surface area contributed by atoms with Gasteiger partial charge in [-0.3, -0.25) is 4.79 Å². The Kier molecular flexibility index (Phi) is 7.20. The third kappa shape index (κ3) is 4.85. The topological polar surface area (TPSA) is 85.6 Å². The van der Waals surface area contributed by atoms with E-state index in [2.05, 4.69) is 22.5 Å². The molecule has 7 rings (SSSR count).